The van der Waals surface area contributed by atoms with Gasteiger partial charge in [-0.1, -0.05) is 140 Å². The van der Waals surface area contributed by atoms with Crippen molar-refractivity contribution in [3.05, 3.63) is 182 Å². The average Bonchev–Trinajstić information content (AvgIpc) is 3.13. The second-order valence-electron chi connectivity index (χ2n) is 11.7. The maximum Gasteiger partial charge on any atom is 0.0540 e. The Balaban J connectivity index is 1.26. The molecular formula is C44H33N. The molecule has 1 aliphatic rings. The van der Waals surface area contributed by atoms with Crippen LogP contribution in [0.2, 0.25) is 0 Å². The van der Waals surface area contributed by atoms with Crippen molar-refractivity contribution in [1.82, 2.24) is 0 Å². The summed E-state index contributed by atoms with van der Waals surface area (Å²) in [4.78, 5) is 2.39. The fourth-order valence-electron chi connectivity index (χ4n) is 6.71. The van der Waals surface area contributed by atoms with Crippen molar-refractivity contribution < 1.29 is 0 Å². The minimum absolute atomic E-state index is 1.08. The number of hydrogen-bond donors (Lipinski definition) is 0. The molecule has 0 saturated carbocycles. The predicted octanol–water partition coefficient (Wildman–Crippen LogP) is 12.5. The quantitative estimate of drug-likeness (QED) is 0.178. The van der Waals surface area contributed by atoms with Crippen LogP contribution in [0.15, 0.2) is 176 Å². The molecule has 0 fully saturated rings. The van der Waals surface area contributed by atoms with Crippen molar-refractivity contribution in [3.63, 3.8) is 0 Å². The highest BCUT2D eigenvalue weighted by Gasteiger charge is 2.18. The lowest BCUT2D eigenvalue weighted by Gasteiger charge is -2.28. The SMILES string of the molecule is C1=CCCC(c2ccc(N(c3ccc(-c4cc5ccccc5c5ccccc45)cc3)c3ccccc3-c3ccccc3)cc2)=C1. The summed E-state index contributed by atoms with van der Waals surface area (Å²) in [6.07, 6.45) is 8.85. The molecule has 0 heterocycles. The third-order valence-electron chi connectivity index (χ3n) is 8.94. The third-order valence-corrected chi connectivity index (χ3v) is 8.94. The van der Waals surface area contributed by atoms with Crippen molar-refractivity contribution in [2.75, 3.05) is 4.90 Å². The van der Waals surface area contributed by atoms with Crippen LogP contribution in [-0.4, -0.2) is 0 Å². The van der Waals surface area contributed by atoms with Gasteiger partial charge in [-0.2, -0.15) is 0 Å². The van der Waals surface area contributed by atoms with Gasteiger partial charge in [0, 0.05) is 16.9 Å². The van der Waals surface area contributed by atoms with Crippen LogP contribution in [0.4, 0.5) is 17.1 Å². The van der Waals surface area contributed by atoms with E-state index in [0.717, 1.165) is 29.9 Å². The van der Waals surface area contributed by atoms with Gasteiger partial charge >= 0.3 is 0 Å². The number of benzene rings is 7. The lowest BCUT2D eigenvalue weighted by Crippen LogP contribution is -2.11. The van der Waals surface area contributed by atoms with Crippen LogP contribution < -0.4 is 4.90 Å². The Morgan fingerprint density at radius 1 is 0.444 bits per heavy atom. The van der Waals surface area contributed by atoms with Gasteiger partial charge in [0.2, 0.25) is 0 Å². The van der Waals surface area contributed by atoms with Gasteiger partial charge in [0.1, 0.15) is 0 Å². The highest BCUT2D eigenvalue weighted by molar-refractivity contribution is 6.13. The smallest absolute Gasteiger partial charge is 0.0540 e. The summed E-state index contributed by atoms with van der Waals surface area (Å²) in [5.74, 6) is 0. The van der Waals surface area contributed by atoms with Crippen LogP contribution in [0.1, 0.15) is 18.4 Å². The number of para-hydroxylation sites is 1. The van der Waals surface area contributed by atoms with Crippen molar-refractivity contribution in [3.8, 4) is 22.3 Å². The number of rotatable bonds is 6. The highest BCUT2D eigenvalue weighted by atomic mass is 15.1. The molecule has 0 saturated heterocycles. The van der Waals surface area contributed by atoms with Gasteiger partial charge in [-0.15, -0.1) is 0 Å². The number of anilines is 3. The minimum Gasteiger partial charge on any atom is -0.310 e. The summed E-state index contributed by atoms with van der Waals surface area (Å²) < 4.78 is 0. The molecule has 8 rings (SSSR count). The normalized spacial score (nSPS) is 12.8. The van der Waals surface area contributed by atoms with Crippen LogP contribution in [0.3, 0.4) is 0 Å². The molecule has 0 atom stereocenters. The average molecular weight is 576 g/mol. The van der Waals surface area contributed by atoms with Gasteiger partial charge in [0.05, 0.1) is 5.69 Å². The topological polar surface area (TPSA) is 3.24 Å². The van der Waals surface area contributed by atoms with Crippen LogP contribution in [-0.2, 0) is 0 Å². The Morgan fingerprint density at radius 2 is 1.04 bits per heavy atom. The Hall–Kier alpha value is -5.66. The number of allylic oxidation sites excluding steroid dienone is 4. The zero-order chi connectivity index (χ0) is 30.0. The van der Waals surface area contributed by atoms with Crippen LogP contribution in [0, 0.1) is 0 Å². The summed E-state index contributed by atoms with van der Waals surface area (Å²) in [5.41, 5.74) is 11.0. The molecule has 45 heavy (non-hydrogen) atoms. The molecule has 214 valence electrons. The summed E-state index contributed by atoms with van der Waals surface area (Å²) in [6.45, 7) is 0. The van der Waals surface area contributed by atoms with E-state index in [-0.39, 0.29) is 0 Å². The highest BCUT2D eigenvalue weighted by Crippen LogP contribution is 2.42. The fraction of sp³-hybridized carbons (Fsp3) is 0.0455. The number of nitrogens with zero attached hydrogens (tertiary/aromatic N) is 1. The van der Waals surface area contributed by atoms with Crippen LogP contribution in [0.5, 0.6) is 0 Å². The molecule has 0 bridgehead atoms. The molecule has 1 aliphatic carbocycles. The predicted molar refractivity (Wildman–Crippen MR) is 193 cm³/mol. The van der Waals surface area contributed by atoms with Gasteiger partial charge in [-0.3, -0.25) is 0 Å². The Kier molecular flexibility index (Phi) is 7.05. The number of fused-ring (bicyclic) bond motifs is 3. The van der Waals surface area contributed by atoms with E-state index in [9.17, 15) is 0 Å². The molecule has 7 aromatic rings. The van der Waals surface area contributed by atoms with Gasteiger partial charge in [0.25, 0.3) is 0 Å². The molecule has 1 heteroatoms. The van der Waals surface area contributed by atoms with Gasteiger partial charge in [0.15, 0.2) is 0 Å². The van der Waals surface area contributed by atoms with E-state index in [4.69, 9.17) is 0 Å². The van der Waals surface area contributed by atoms with Crippen molar-refractivity contribution in [2.24, 2.45) is 0 Å². The summed E-state index contributed by atoms with van der Waals surface area (Å²) in [6, 6.07) is 57.3. The van der Waals surface area contributed by atoms with E-state index < -0.39 is 0 Å². The van der Waals surface area contributed by atoms with Gasteiger partial charge < -0.3 is 4.90 Å². The minimum atomic E-state index is 1.08. The molecule has 7 aromatic carbocycles. The van der Waals surface area contributed by atoms with Crippen LogP contribution >= 0.6 is 0 Å². The Bertz CT molecular complexity index is 2190. The summed E-state index contributed by atoms with van der Waals surface area (Å²) in [5, 5.41) is 5.12. The molecule has 0 spiro atoms. The van der Waals surface area contributed by atoms with E-state index >= 15 is 0 Å². The molecule has 0 unspecified atom stereocenters. The molecule has 0 aromatic heterocycles. The van der Waals surface area contributed by atoms with Crippen molar-refractivity contribution >= 4 is 44.2 Å². The number of hydrogen-bond acceptors (Lipinski definition) is 1. The first kappa shape index (κ1) is 26.9. The van der Waals surface area contributed by atoms with Gasteiger partial charge in [-0.25, -0.2) is 0 Å². The molecule has 0 aliphatic heterocycles. The first-order valence-corrected chi connectivity index (χ1v) is 15.8. The second-order valence-corrected chi connectivity index (χ2v) is 11.7. The van der Waals surface area contributed by atoms with E-state index in [1.807, 2.05) is 0 Å². The molecule has 1 nitrogen and oxygen atoms in total. The van der Waals surface area contributed by atoms with Crippen molar-refractivity contribution in [2.45, 2.75) is 12.8 Å². The largest absolute Gasteiger partial charge is 0.310 e. The second kappa shape index (κ2) is 11.8. The molecule has 0 radical (unpaired) electrons. The Labute approximate surface area is 265 Å². The van der Waals surface area contributed by atoms with Crippen LogP contribution in [0.25, 0.3) is 49.4 Å². The van der Waals surface area contributed by atoms with Crippen molar-refractivity contribution in [1.29, 1.82) is 0 Å². The summed E-state index contributed by atoms with van der Waals surface area (Å²) >= 11 is 0. The lowest BCUT2D eigenvalue weighted by molar-refractivity contribution is 1.05. The summed E-state index contributed by atoms with van der Waals surface area (Å²) in [7, 11) is 0. The fourth-order valence-corrected chi connectivity index (χ4v) is 6.71. The van der Waals surface area contributed by atoms with E-state index in [1.165, 1.54) is 54.9 Å². The first-order valence-electron chi connectivity index (χ1n) is 15.8. The maximum atomic E-state index is 2.39. The zero-order valence-electron chi connectivity index (χ0n) is 25.1. The standard InChI is InChI=1S/C44H33N/c1-3-13-32(14-4-1)33-23-27-37(28-24-33)45(44-22-12-11-19-40(44)34-15-5-2-6-16-34)38-29-25-35(26-30-38)43-31-36-17-7-8-18-39(36)41-20-9-10-21-42(41)43/h1-3,5-13,15-31H,4,14H2. The lowest BCUT2D eigenvalue weighted by atomic mass is 9.93. The molecule has 0 N–H and O–H groups in total. The zero-order valence-corrected chi connectivity index (χ0v) is 25.1. The first-order chi connectivity index (χ1) is 22.3. The third kappa shape index (κ3) is 5.13. The maximum absolute atomic E-state index is 2.39. The van der Waals surface area contributed by atoms with E-state index in [0.29, 0.717) is 0 Å². The monoisotopic (exact) mass is 575 g/mol. The van der Waals surface area contributed by atoms with E-state index in [2.05, 4.69) is 181 Å². The molecule has 0 amide bonds. The Morgan fingerprint density at radius 3 is 1.78 bits per heavy atom. The van der Waals surface area contributed by atoms with Gasteiger partial charge in [-0.05, 0) is 98.6 Å². The van der Waals surface area contributed by atoms with E-state index in [1.54, 1.807) is 0 Å². The molecular weight excluding hydrogens is 542 g/mol.